The van der Waals surface area contributed by atoms with Gasteiger partial charge in [0.15, 0.2) is 0 Å². The molecule has 5 heteroatoms. The number of aromatic amines is 1. The van der Waals surface area contributed by atoms with Crippen LogP contribution in [0.3, 0.4) is 0 Å². The van der Waals surface area contributed by atoms with Gasteiger partial charge in [-0.25, -0.2) is 4.98 Å². The molecule has 0 fully saturated rings. The summed E-state index contributed by atoms with van der Waals surface area (Å²) >= 11 is 0. The second-order valence-corrected chi connectivity index (χ2v) is 6.36. The van der Waals surface area contributed by atoms with E-state index >= 15 is 0 Å². The summed E-state index contributed by atoms with van der Waals surface area (Å²) < 4.78 is 0. The molecule has 5 nitrogen and oxygen atoms in total. The summed E-state index contributed by atoms with van der Waals surface area (Å²) in [4.78, 5) is 33.8. The molecule has 0 aliphatic rings. The largest absolute Gasteiger partial charge is 0.339 e. The lowest BCUT2D eigenvalue weighted by Crippen LogP contribution is -2.31. The second-order valence-electron chi connectivity index (χ2n) is 6.36. The number of benzene rings is 2. The van der Waals surface area contributed by atoms with Gasteiger partial charge in [0.2, 0.25) is 5.91 Å². The molecule has 2 aromatic carbocycles. The molecule has 1 N–H and O–H groups in total. The molecule has 1 aromatic heterocycles. The van der Waals surface area contributed by atoms with Gasteiger partial charge in [0, 0.05) is 25.9 Å². The minimum absolute atomic E-state index is 0.0616. The van der Waals surface area contributed by atoms with Crippen molar-refractivity contribution in [2.75, 3.05) is 6.54 Å². The number of hydrogen-bond donors (Lipinski definition) is 1. The van der Waals surface area contributed by atoms with Gasteiger partial charge in [0.05, 0.1) is 10.9 Å². The van der Waals surface area contributed by atoms with Crippen LogP contribution in [0, 0.1) is 6.92 Å². The van der Waals surface area contributed by atoms with Crippen molar-refractivity contribution in [2.24, 2.45) is 0 Å². The predicted molar refractivity (Wildman–Crippen MR) is 103 cm³/mol. The highest BCUT2D eigenvalue weighted by molar-refractivity contribution is 5.78. The van der Waals surface area contributed by atoms with E-state index in [9.17, 15) is 9.59 Å². The van der Waals surface area contributed by atoms with E-state index in [1.807, 2.05) is 48.2 Å². The van der Waals surface area contributed by atoms with E-state index in [-0.39, 0.29) is 11.5 Å². The van der Waals surface area contributed by atoms with Gasteiger partial charge in [0.1, 0.15) is 5.82 Å². The summed E-state index contributed by atoms with van der Waals surface area (Å²) in [6, 6.07) is 15.3. The number of aromatic nitrogens is 2. The van der Waals surface area contributed by atoms with Crippen molar-refractivity contribution < 1.29 is 4.79 Å². The molecule has 1 heterocycles. The fraction of sp³-hybridized carbons (Fsp3) is 0.286. The van der Waals surface area contributed by atoms with E-state index in [1.165, 1.54) is 5.56 Å². The van der Waals surface area contributed by atoms with Gasteiger partial charge >= 0.3 is 0 Å². The smallest absolute Gasteiger partial charge is 0.258 e. The predicted octanol–water partition coefficient (Wildman–Crippen LogP) is 3.21. The number of para-hydroxylation sites is 1. The number of amides is 1. The molecule has 3 rings (SSSR count). The molecule has 0 aliphatic carbocycles. The van der Waals surface area contributed by atoms with Crippen molar-refractivity contribution in [1.82, 2.24) is 14.9 Å². The average molecular weight is 349 g/mol. The maximum absolute atomic E-state index is 12.6. The van der Waals surface area contributed by atoms with E-state index in [2.05, 4.69) is 23.0 Å². The minimum atomic E-state index is -0.162. The monoisotopic (exact) mass is 349 g/mol. The summed E-state index contributed by atoms with van der Waals surface area (Å²) in [7, 11) is 0. The van der Waals surface area contributed by atoms with Crippen LogP contribution in [-0.4, -0.2) is 27.3 Å². The van der Waals surface area contributed by atoms with E-state index < -0.39 is 0 Å². The number of fused-ring (bicyclic) bond motifs is 1. The third-order valence-electron chi connectivity index (χ3n) is 4.59. The Kier molecular flexibility index (Phi) is 5.46. The van der Waals surface area contributed by atoms with E-state index in [4.69, 9.17) is 0 Å². The topological polar surface area (TPSA) is 66.1 Å². The van der Waals surface area contributed by atoms with Gasteiger partial charge in [-0.3, -0.25) is 9.59 Å². The number of rotatable bonds is 6. The number of H-pyrrole nitrogens is 1. The van der Waals surface area contributed by atoms with E-state index in [0.29, 0.717) is 42.7 Å². The highest BCUT2D eigenvalue weighted by Crippen LogP contribution is 2.12. The van der Waals surface area contributed by atoms with Crippen molar-refractivity contribution in [1.29, 1.82) is 0 Å². The Morgan fingerprint density at radius 2 is 1.85 bits per heavy atom. The Morgan fingerprint density at radius 3 is 2.62 bits per heavy atom. The first-order valence-corrected chi connectivity index (χ1v) is 8.88. The number of aryl methyl sites for hydroxylation is 2. The lowest BCUT2D eigenvalue weighted by atomic mass is 10.1. The van der Waals surface area contributed by atoms with Crippen LogP contribution in [0.2, 0.25) is 0 Å². The van der Waals surface area contributed by atoms with Gasteiger partial charge in [-0.05, 0) is 37.1 Å². The first-order chi connectivity index (χ1) is 12.6. The lowest BCUT2D eigenvalue weighted by molar-refractivity contribution is -0.131. The Hall–Kier alpha value is -2.95. The summed E-state index contributed by atoms with van der Waals surface area (Å²) in [6.45, 7) is 5.28. The highest BCUT2D eigenvalue weighted by atomic mass is 16.2. The van der Waals surface area contributed by atoms with Crippen LogP contribution in [0.5, 0.6) is 0 Å². The quantitative estimate of drug-likeness (QED) is 0.743. The molecule has 0 bridgehead atoms. The van der Waals surface area contributed by atoms with Crippen molar-refractivity contribution in [3.8, 4) is 0 Å². The maximum atomic E-state index is 12.6. The number of hydrogen-bond acceptors (Lipinski definition) is 3. The molecule has 134 valence electrons. The minimum Gasteiger partial charge on any atom is -0.339 e. The fourth-order valence-electron chi connectivity index (χ4n) is 3.01. The first-order valence-electron chi connectivity index (χ1n) is 8.88. The number of carbonyl (C=O) groups excluding carboxylic acids is 1. The van der Waals surface area contributed by atoms with Crippen molar-refractivity contribution in [2.45, 2.75) is 33.2 Å². The summed E-state index contributed by atoms with van der Waals surface area (Å²) in [5, 5.41) is 0.567. The zero-order chi connectivity index (χ0) is 18.5. The molecule has 0 saturated heterocycles. The third-order valence-corrected chi connectivity index (χ3v) is 4.59. The molecular formula is C21H23N3O2. The standard InChI is InChI=1S/C21H23N3O2/c1-3-24(14-16-9-5-4-8-15(16)2)20(25)13-12-19-22-18-11-7-6-10-17(18)21(26)23-19/h4-11H,3,12-14H2,1-2H3,(H,22,23,26). The molecule has 0 atom stereocenters. The van der Waals surface area contributed by atoms with Crippen LogP contribution >= 0.6 is 0 Å². The second kappa shape index (κ2) is 7.95. The molecule has 0 spiro atoms. The molecule has 3 aromatic rings. The molecule has 0 unspecified atom stereocenters. The van der Waals surface area contributed by atoms with Crippen molar-refractivity contribution in [3.05, 3.63) is 75.8 Å². The molecule has 1 amide bonds. The molecular weight excluding hydrogens is 326 g/mol. The summed E-state index contributed by atoms with van der Waals surface area (Å²) in [5.41, 5.74) is 2.83. The zero-order valence-electron chi connectivity index (χ0n) is 15.2. The normalized spacial score (nSPS) is 10.8. The van der Waals surface area contributed by atoms with Gasteiger partial charge in [-0.1, -0.05) is 36.4 Å². The van der Waals surface area contributed by atoms with Crippen molar-refractivity contribution in [3.63, 3.8) is 0 Å². The van der Waals surface area contributed by atoms with Crippen LogP contribution in [-0.2, 0) is 17.8 Å². The molecule has 0 radical (unpaired) electrons. The zero-order valence-corrected chi connectivity index (χ0v) is 15.2. The SMILES string of the molecule is CCN(Cc1ccccc1C)C(=O)CCc1nc2ccccc2c(=O)[nH]1. The number of carbonyl (C=O) groups is 1. The number of nitrogens with zero attached hydrogens (tertiary/aromatic N) is 2. The van der Waals surface area contributed by atoms with Crippen LogP contribution in [0.15, 0.2) is 53.3 Å². The Bertz CT molecular complexity index is 978. The Labute approximate surface area is 152 Å². The Balaban J connectivity index is 1.69. The summed E-state index contributed by atoms with van der Waals surface area (Å²) in [5.74, 6) is 0.612. The summed E-state index contributed by atoms with van der Waals surface area (Å²) in [6.07, 6.45) is 0.740. The fourth-order valence-corrected chi connectivity index (χ4v) is 3.01. The van der Waals surface area contributed by atoms with Crippen LogP contribution in [0.1, 0.15) is 30.3 Å². The number of nitrogens with one attached hydrogen (secondary N) is 1. The van der Waals surface area contributed by atoms with Crippen molar-refractivity contribution >= 4 is 16.8 Å². The van der Waals surface area contributed by atoms with E-state index in [1.54, 1.807) is 6.07 Å². The molecule has 0 saturated carbocycles. The van der Waals surface area contributed by atoms with Gasteiger partial charge in [-0.15, -0.1) is 0 Å². The lowest BCUT2D eigenvalue weighted by Gasteiger charge is -2.22. The van der Waals surface area contributed by atoms with Gasteiger partial charge < -0.3 is 9.88 Å². The Morgan fingerprint density at radius 1 is 1.12 bits per heavy atom. The van der Waals surface area contributed by atoms with Gasteiger partial charge in [-0.2, -0.15) is 0 Å². The average Bonchev–Trinajstić information content (AvgIpc) is 2.65. The highest BCUT2D eigenvalue weighted by Gasteiger charge is 2.14. The first kappa shape index (κ1) is 17.9. The van der Waals surface area contributed by atoms with Gasteiger partial charge in [0.25, 0.3) is 5.56 Å². The van der Waals surface area contributed by atoms with Crippen LogP contribution in [0.4, 0.5) is 0 Å². The van der Waals surface area contributed by atoms with Crippen LogP contribution < -0.4 is 5.56 Å². The van der Waals surface area contributed by atoms with Crippen LogP contribution in [0.25, 0.3) is 10.9 Å². The van der Waals surface area contributed by atoms with E-state index in [0.717, 1.165) is 5.56 Å². The molecule has 26 heavy (non-hydrogen) atoms. The maximum Gasteiger partial charge on any atom is 0.258 e. The molecule has 0 aliphatic heterocycles. The third kappa shape index (κ3) is 3.99.